The van der Waals surface area contributed by atoms with E-state index in [9.17, 15) is 4.79 Å². The Morgan fingerprint density at radius 3 is 2.00 bits per heavy atom. The van der Waals surface area contributed by atoms with Crippen LogP contribution in [0.5, 0.6) is 0 Å². The number of carboxylic acids is 1. The maximum atomic E-state index is 9.86. The molecule has 50 valence electrons. The number of nitrogens with two attached hydrogens (primary N) is 1. The maximum absolute atomic E-state index is 9.86. The molecule has 0 amide bonds. The zero-order valence-electron chi connectivity index (χ0n) is 5.24. The molecule has 0 aromatic heterocycles. The molecule has 0 unspecified atom stereocenters. The largest absolute Gasteiger partial charge is 0.480 e. The standard InChI is InChI=1S/C4H9NO3.Ca/c1-2(6)3(5)4(7)8;/h2-3,6H,5H2,1H3,(H,7,8);/t2-,3+;/m1./s1. The molecule has 0 saturated heterocycles. The predicted molar refractivity (Wildman–Crippen MR) is 33.0 cm³/mol. The van der Waals surface area contributed by atoms with E-state index in [0.29, 0.717) is 0 Å². The van der Waals surface area contributed by atoms with Gasteiger partial charge >= 0.3 is 5.97 Å². The summed E-state index contributed by atoms with van der Waals surface area (Å²) in [7, 11) is 0. The van der Waals surface area contributed by atoms with Crippen LogP contribution in [0.4, 0.5) is 0 Å². The first-order chi connectivity index (χ1) is 3.55. The van der Waals surface area contributed by atoms with Gasteiger partial charge in [-0.2, -0.15) is 0 Å². The van der Waals surface area contributed by atoms with Gasteiger partial charge in [0.05, 0.1) is 6.10 Å². The van der Waals surface area contributed by atoms with E-state index in [-0.39, 0.29) is 37.7 Å². The summed E-state index contributed by atoms with van der Waals surface area (Å²) in [6.07, 6.45) is -0.979. The van der Waals surface area contributed by atoms with Crippen molar-refractivity contribution in [3.8, 4) is 0 Å². The van der Waals surface area contributed by atoms with Crippen molar-refractivity contribution >= 4 is 43.7 Å². The molecule has 0 aromatic rings. The third kappa shape index (κ3) is 5.11. The van der Waals surface area contributed by atoms with Gasteiger partial charge in [-0.05, 0) is 6.92 Å². The summed E-state index contributed by atoms with van der Waals surface area (Å²) in [5.74, 6) is -1.18. The second-order valence-corrected chi connectivity index (χ2v) is 1.60. The van der Waals surface area contributed by atoms with Crippen LogP contribution in [0.15, 0.2) is 0 Å². The van der Waals surface area contributed by atoms with Gasteiger partial charge in [0.25, 0.3) is 0 Å². The molecule has 0 saturated carbocycles. The van der Waals surface area contributed by atoms with Crippen molar-refractivity contribution in [2.75, 3.05) is 0 Å². The minimum Gasteiger partial charge on any atom is -0.480 e. The van der Waals surface area contributed by atoms with Gasteiger partial charge in [-0.25, -0.2) is 0 Å². The predicted octanol–water partition coefficient (Wildman–Crippen LogP) is -1.60. The Balaban J connectivity index is 0. The molecular weight excluding hydrogens is 150 g/mol. The normalized spacial score (nSPS) is 15.4. The van der Waals surface area contributed by atoms with E-state index in [1.54, 1.807) is 0 Å². The number of aliphatic hydroxyl groups is 1. The van der Waals surface area contributed by atoms with Gasteiger partial charge in [-0.3, -0.25) is 4.79 Å². The number of rotatable bonds is 2. The van der Waals surface area contributed by atoms with Crippen LogP contribution < -0.4 is 5.73 Å². The second-order valence-electron chi connectivity index (χ2n) is 1.60. The summed E-state index contributed by atoms with van der Waals surface area (Å²) >= 11 is 0. The summed E-state index contributed by atoms with van der Waals surface area (Å²) in [6.45, 7) is 1.33. The smallest absolute Gasteiger partial charge is 0.323 e. The summed E-state index contributed by atoms with van der Waals surface area (Å²) < 4.78 is 0. The molecule has 9 heavy (non-hydrogen) atoms. The Morgan fingerprint density at radius 2 is 2.00 bits per heavy atom. The molecule has 2 radical (unpaired) electrons. The SMILES string of the molecule is C[C@@H](O)[C@H](N)C(=O)O.[Ca]. The Kier molecular flexibility index (Phi) is 7.45. The molecule has 2 atom stereocenters. The average molecular weight is 159 g/mol. The van der Waals surface area contributed by atoms with Crippen molar-refractivity contribution in [2.24, 2.45) is 5.73 Å². The van der Waals surface area contributed by atoms with Crippen molar-refractivity contribution in [3.05, 3.63) is 0 Å². The Morgan fingerprint density at radius 1 is 1.67 bits per heavy atom. The Hall–Kier alpha value is 0.650. The zero-order chi connectivity index (χ0) is 6.73. The number of aliphatic carboxylic acids is 1. The van der Waals surface area contributed by atoms with E-state index in [2.05, 4.69) is 0 Å². The third-order valence-electron chi connectivity index (χ3n) is 0.805. The van der Waals surface area contributed by atoms with Gasteiger partial charge in [0, 0.05) is 37.7 Å². The fraction of sp³-hybridized carbons (Fsp3) is 0.750. The monoisotopic (exact) mass is 159 g/mol. The van der Waals surface area contributed by atoms with Gasteiger partial charge in [0.15, 0.2) is 0 Å². The minimum absolute atomic E-state index is 0. The molecule has 0 heterocycles. The first-order valence-electron chi connectivity index (χ1n) is 2.22. The summed E-state index contributed by atoms with van der Waals surface area (Å²) in [6, 6.07) is -1.16. The topological polar surface area (TPSA) is 83.5 Å². The Labute approximate surface area is 83.0 Å². The molecule has 5 heteroatoms. The average Bonchev–Trinajstić information content (AvgIpc) is 1.64. The van der Waals surface area contributed by atoms with Gasteiger partial charge in [0.2, 0.25) is 0 Å². The van der Waals surface area contributed by atoms with E-state index in [0.717, 1.165) is 0 Å². The summed E-state index contributed by atoms with van der Waals surface area (Å²) in [5.41, 5.74) is 4.91. The quantitative estimate of drug-likeness (QED) is 0.424. The maximum Gasteiger partial charge on any atom is 0.323 e. The first kappa shape index (κ1) is 12.3. The number of hydrogen-bond donors (Lipinski definition) is 3. The molecule has 0 spiro atoms. The van der Waals surface area contributed by atoms with Crippen molar-refractivity contribution in [3.63, 3.8) is 0 Å². The van der Waals surface area contributed by atoms with Gasteiger partial charge in [0.1, 0.15) is 6.04 Å². The van der Waals surface area contributed by atoms with Crippen LogP contribution in [0.3, 0.4) is 0 Å². The summed E-state index contributed by atoms with van der Waals surface area (Å²) in [4.78, 5) is 9.86. The minimum atomic E-state index is -1.18. The van der Waals surface area contributed by atoms with E-state index >= 15 is 0 Å². The van der Waals surface area contributed by atoms with Crippen LogP contribution in [-0.2, 0) is 4.79 Å². The molecule has 0 rings (SSSR count). The molecule has 0 aliphatic heterocycles. The molecule has 0 fully saturated rings. The first-order valence-corrected chi connectivity index (χ1v) is 2.22. The number of carboxylic acid groups (broad SMARTS) is 1. The zero-order valence-corrected chi connectivity index (χ0v) is 7.45. The van der Waals surface area contributed by atoms with Crippen LogP contribution in [0.1, 0.15) is 6.92 Å². The van der Waals surface area contributed by atoms with Crippen LogP contribution >= 0.6 is 0 Å². The second kappa shape index (κ2) is 5.44. The van der Waals surface area contributed by atoms with Gasteiger partial charge in [-0.1, -0.05) is 0 Å². The van der Waals surface area contributed by atoms with Crippen molar-refractivity contribution in [1.29, 1.82) is 0 Å². The van der Waals surface area contributed by atoms with Gasteiger partial charge in [-0.15, -0.1) is 0 Å². The van der Waals surface area contributed by atoms with E-state index in [4.69, 9.17) is 15.9 Å². The third-order valence-corrected chi connectivity index (χ3v) is 0.805. The molecule has 0 aliphatic carbocycles. The number of carbonyl (C=O) groups is 1. The molecule has 0 aliphatic rings. The van der Waals surface area contributed by atoms with Crippen molar-refractivity contribution in [1.82, 2.24) is 0 Å². The van der Waals surface area contributed by atoms with Crippen LogP contribution in [0.25, 0.3) is 0 Å². The van der Waals surface area contributed by atoms with E-state index < -0.39 is 18.1 Å². The number of aliphatic hydroxyl groups excluding tert-OH is 1. The number of hydrogen-bond acceptors (Lipinski definition) is 3. The molecule has 4 nitrogen and oxygen atoms in total. The van der Waals surface area contributed by atoms with E-state index in [1.807, 2.05) is 0 Å². The van der Waals surface area contributed by atoms with Crippen molar-refractivity contribution < 1.29 is 15.0 Å². The van der Waals surface area contributed by atoms with Crippen molar-refractivity contribution in [2.45, 2.75) is 19.1 Å². The van der Waals surface area contributed by atoms with Crippen LogP contribution in [-0.4, -0.2) is 66.1 Å². The van der Waals surface area contributed by atoms with Crippen LogP contribution in [0, 0.1) is 0 Å². The summed E-state index contributed by atoms with van der Waals surface area (Å²) in [5, 5.41) is 16.6. The van der Waals surface area contributed by atoms with Crippen LogP contribution in [0.2, 0.25) is 0 Å². The Bertz CT molecular complexity index is 95.8. The fourth-order valence-corrected chi connectivity index (χ4v) is 0.206. The van der Waals surface area contributed by atoms with E-state index in [1.165, 1.54) is 6.92 Å². The fourth-order valence-electron chi connectivity index (χ4n) is 0.206. The molecule has 0 bridgehead atoms. The van der Waals surface area contributed by atoms with Gasteiger partial charge < -0.3 is 15.9 Å². The molecule has 4 N–H and O–H groups in total. The molecular formula is C4H9CaNO3. The molecule has 0 aromatic carbocycles.